The van der Waals surface area contributed by atoms with E-state index in [1.807, 2.05) is 32.9 Å². The van der Waals surface area contributed by atoms with Crippen LogP contribution in [0.1, 0.15) is 116 Å². The van der Waals surface area contributed by atoms with Gasteiger partial charge in [0.1, 0.15) is 17.5 Å². The summed E-state index contributed by atoms with van der Waals surface area (Å²) in [4.78, 5) is 29.9. The molecule has 2 saturated carbocycles. The highest BCUT2D eigenvalue weighted by molar-refractivity contribution is 5.99. The van der Waals surface area contributed by atoms with Crippen molar-refractivity contribution in [3.8, 4) is 5.75 Å². The molecule has 2 N–H and O–H groups in total. The third-order valence-electron chi connectivity index (χ3n) is 9.45. The highest BCUT2D eigenvalue weighted by Gasteiger charge is 2.34. The first-order chi connectivity index (χ1) is 18.4. The number of aliphatic carboxylic acids is 1. The Morgan fingerprint density at radius 1 is 1.03 bits per heavy atom. The first-order valence-corrected chi connectivity index (χ1v) is 15.0. The van der Waals surface area contributed by atoms with E-state index < -0.39 is 23.3 Å². The molecule has 4 rings (SSSR count). The average Bonchev–Trinajstić information content (AvgIpc) is 3.40. The second kappa shape index (κ2) is 11.9. The SMILES string of the molecule is CCC(C)(C)C1CCC(Oc2ccc3cc(C(=O)N[C@@H](C(=O)O)C(C)(C)C)nc(CC4CCCC4)c3c2)CC1. The van der Waals surface area contributed by atoms with Gasteiger partial charge in [-0.3, -0.25) is 4.79 Å². The van der Waals surface area contributed by atoms with E-state index in [0.29, 0.717) is 11.3 Å². The summed E-state index contributed by atoms with van der Waals surface area (Å²) in [6, 6.07) is 6.90. The molecular formula is C33H48N2O4. The monoisotopic (exact) mass is 536 g/mol. The van der Waals surface area contributed by atoms with E-state index >= 15 is 0 Å². The van der Waals surface area contributed by atoms with Crippen molar-refractivity contribution in [3.63, 3.8) is 0 Å². The second-order valence-electron chi connectivity index (χ2n) is 13.7. The number of benzene rings is 1. The normalized spacial score (nSPS) is 21.6. The van der Waals surface area contributed by atoms with Crippen molar-refractivity contribution in [1.29, 1.82) is 0 Å². The van der Waals surface area contributed by atoms with Crippen LogP contribution in [0.4, 0.5) is 0 Å². The zero-order valence-corrected chi connectivity index (χ0v) is 24.8. The summed E-state index contributed by atoms with van der Waals surface area (Å²) in [7, 11) is 0. The number of hydrogen-bond donors (Lipinski definition) is 2. The number of carboxylic acid groups (broad SMARTS) is 1. The fourth-order valence-corrected chi connectivity index (χ4v) is 6.43. The van der Waals surface area contributed by atoms with Crippen LogP contribution in [0, 0.1) is 22.7 Å². The number of rotatable bonds is 9. The van der Waals surface area contributed by atoms with Crippen molar-refractivity contribution in [2.45, 2.75) is 118 Å². The molecule has 2 fully saturated rings. The van der Waals surface area contributed by atoms with Crippen molar-refractivity contribution in [1.82, 2.24) is 10.3 Å². The Kier molecular flexibility index (Phi) is 8.92. The number of hydrogen-bond acceptors (Lipinski definition) is 4. The van der Waals surface area contributed by atoms with Crippen molar-refractivity contribution in [2.75, 3.05) is 0 Å². The van der Waals surface area contributed by atoms with Gasteiger partial charge in [0, 0.05) is 11.1 Å². The lowest BCUT2D eigenvalue weighted by Crippen LogP contribution is -2.49. The van der Waals surface area contributed by atoms with E-state index in [1.54, 1.807) is 6.07 Å². The fraction of sp³-hybridized carbons (Fsp3) is 0.667. The molecule has 1 heterocycles. The Labute approximate surface area is 234 Å². The maximum absolute atomic E-state index is 13.2. The largest absolute Gasteiger partial charge is 0.490 e. The number of ether oxygens (including phenoxy) is 1. The maximum atomic E-state index is 13.2. The first-order valence-electron chi connectivity index (χ1n) is 15.0. The molecule has 0 radical (unpaired) electrons. The molecular weight excluding hydrogens is 488 g/mol. The van der Waals surface area contributed by atoms with Crippen LogP contribution in [0.25, 0.3) is 10.8 Å². The molecule has 0 unspecified atom stereocenters. The molecule has 2 aromatic rings. The molecule has 1 aromatic carbocycles. The Morgan fingerprint density at radius 3 is 2.28 bits per heavy atom. The predicted octanol–water partition coefficient (Wildman–Crippen LogP) is 7.57. The van der Waals surface area contributed by atoms with Crippen molar-refractivity contribution in [3.05, 3.63) is 35.7 Å². The van der Waals surface area contributed by atoms with Crippen molar-refractivity contribution >= 4 is 22.6 Å². The molecule has 1 amide bonds. The molecule has 0 spiro atoms. The number of carbonyl (C=O) groups is 2. The molecule has 6 nitrogen and oxygen atoms in total. The van der Waals surface area contributed by atoms with Gasteiger partial charge in [-0.05, 0) is 78.4 Å². The van der Waals surface area contributed by atoms with Gasteiger partial charge in [0.2, 0.25) is 0 Å². The van der Waals surface area contributed by atoms with Crippen LogP contribution >= 0.6 is 0 Å². The molecule has 0 bridgehead atoms. The van der Waals surface area contributed by atoms with E-state index in [1.165, 1.54) is 44.9 Å². The molecule has 214 valence electrons. The van der Waals surface area contributed by atoms with Gasteiger partial charge in [-0.25, -0.2) is 9.78 Å². The van der Waals surface area contributed by atoms with E-state index in [4.69, 9.17) is 9.72 Å². The van der Waals surface area contributed by atoms with Crippen LogP contribution in [0.15, 0.2) is 24.3 Å². The number of carbonyl (C=O) groups excluding carboxylic acids is 1. The minimum atomic E-state index is -1.04. The second-order valence-corrected chi connectivity index (χ2v) is 13.7. The van der Waals surface area contributed by atoms with Gasteiger partial charge in [-0.2, -0.15) is 0 Å². The van der Waals surface area contributed by atoms with Gasteiger partial charge in [0.25, 0.3) is 5.91 Å². The number of amides is 1. The molecule has 39 heavy (non-hydrogen) atoms. The van der Waals surface area contributed by atoms with E-state index in [9.17, 15) is 14.7 Å². The van der Waals surface area contributed by atoms with Crippen LogP contribution in [-0.2, 0) is 11.2 Å². The smallest absolute Gasteiger partial charge is 0.326 e. The number of nitrogens with zero attached hydrogens (tertiary/aromatic N) is 1. The lowest BCUT2D eigenvalue weighted by Gasteiger charge is -2.38. The minimum Gasteiger partial charge on any atom is -0.490 e. The zero-order valence-electron chi connectivity index (χ0n) is 24.8. The standard InChI is InChI=1S/C33H48N2O4/c1-7-33(5,6)23-13-16-24(17-14-23)39-25-15-12-22-19-28(30(36)35-29(31(37)38)32(2,3)4)34-27(26(22)20-25)18-21-10-8-9-11-21/h12,15,19-21,23-24,29H,7-11,13-14,16-18H2,1-6H3,(H,35,36)(H,37,38)/t23?,24?,29-/m0/s1. The van der Waals surface area contributed by atoms with Gasteiger partial charge >= 0.3 is 5.97 Å². The van der Waals surface area contributed by atoms with Crippen molar-refractivity contribution in [2.24, 2.45) is 22.7 Å². The van der Waals surface area contributed by atoms with Gasteiger partial charge < -0.3 is 15.2 Å². The van der Waals surface area contributed by atoms with E-state index in [0.717, 1.165) is 47.4 Å². The minimum absolute atomic E-state index is 0.230. The number of carboxylic acids is 1. The molecule has 0 aliphatic heterocycles. The number of nitrogens with one attached hydrogen (secondary N) is 1. The summed E-state index contributed by atoms with van der Waals surface area (Å²) >= 11 is 0. The first kappa shape index (κ1) is 29.4. The molecule has 2 aliphatic rings. The van der Waals surface area contributed by atoms with Crippen molar-refractivity contribution < 1.29 is 19.4 Å². The number of aromatic nitrogens is 1. The summed E-state index contributed by atoms with van der Waals surface area (Å²) in [6.45, 7) is 12.5. The topological polar surface area (TPSA) is 88.5 Å². The molecule has 0 saturated heterocycles. The summed E-state index contributed by atoms with van der Waals surface area (Å²) < 4.78 is 6.50. The lowest BCUT2D eigenvalue weighted by molar-refractivity contribution is -0.142. The number of fused-ring (bicyclic) bond motifs is 1. The zero-order chi connectivity index (χ0) is 28.4. The third kappa shape index (κ3) is 7.12. The van der Waals surface area contributed by atoms with Crippen LogP contribution in [0.3, 0.4) is 0 Å². The highest BCUT2D eigenvalue weighted by Crippen LogP contribution is 2.41. The molecule has 1 atom stereocenters. The quantitative estimate of drug-likeness (QED) is 0.345. The van der Waals surface area contributed by atoms with Gasteiger partial charge in [-0.15, -0.1) is 0 Å². The predicted molar refractivity (Wildman–Crippen MR) is 156 cm³/mol. The van der Waals surface area contributed by atoms with Gasteiger partial charge in [0.05, 0.1) is 6.10 Å². The Balaban J connectivity index is 1.57. The summed E-state index contributed by atoms with van der Waals surface area (Å²) in [5, 5.41) is 14.4. The van der Waals surface area contributed by atoms with Gasteiger partial charge in [0.15, 0.2) is 0 Å². The number of pyridine rings is 1. The summed E-state index contributed by atoms with van der Waals surface area (Å²) in [5.41, 5.74) is 0.946. The Hall–Kier alpha value is -2.63. The van der Waals surface area contributed by atoms with E-state index in [2.05, 4.69) is 32.2 Å². The third-order valence-corrected chi connectivity index (χ3v) is 9.45. The molecule has 1 aromatic heterocycles. The average molecular weight is 537 g/mol. The molecule has 6 heteroatoms. The van der Waals surface area contributed by atoms with Crippen LogP contribution < -0.4 is 10.1 Å². The Bertz CT molecular complexity index is 1170. The van der Waals surface area contributed by atoms with E-state index in [-0.39, 0.29) is 11.8 Å². The van der Waals surface area contributed by atoms with Gasteiger partial charge in [-0.1, -0.05) is 79.7 Å². The van der Waals surface area contributed by atoms with Crippen LogP contribution in [0.2, 0.25) is 0 Å². The Morgan fingerprint density at radius 2 is 1.69 bits per heavy atom. The highest BCUT2D eigenvalue weighted by atomic mass is 16.5. The molecule has 2 aliphatic carbocycles. The lowest BCUT2D eigenvalue weighted by atomic mass is 9.69. The van der Waals surface area contributed by atoms with Crippen LogP contribution in [-0.4, -0.2) is 34.1 Å². The fourth-order valence-electron chi connectivity index (χ4n) is 6.43. The summed E-state index contributed by atoms with van der Waals surface area (Å²) in [6.07, 6.45) is 11.7. The van der Waals surface area contributed by atoms with Crippen LogP contribution in [0.5, 0.6) is 5.75 Å². The maximum Gasteiger partial charge on any atom is 0.326 e. The summed E-state index contributed by atoms with van der Waals surface area (Å²) in [5.74, 6) is 0.689.